The second-order valence-electron chi connectivity index (χ2n) is 4.34. The largest absolute Gasteiger partial charge is 0.464 e. The lowest BCUT2D eigenvalue weighted by atomic mass is 10.1. The molecule has 1 fully saturated rings. The highest BCUT2D eigenvalue weighted by atomic mass is 16.3. The number of hydrogen-bond acceptors (Lipinski definition) is 3. The van der Waals surface area contributed by atoms with Crippen molar-refractivity contribution in [3.05, 3.63) is 23.7 Å². The van der Waals surface area contributed by atoms with Crippen molar-refractivity contribution in [2.75, 3.05) is 0 Å². The smallest absolute Gasteiger partial charge is 0.219 e. The van der Waals surface area contributed by atoms with Crippen LogP contribution in [0.4, 0.5) is 0 Å². The molecule has 3 atom stereocenters. The minimum absolute atomic E-state index is 0.132. The van der Waals surface area contributed by atoms with Gasteiger partial charge in [-0.3, -0.25) is 4.79 Å². The third-order valence-electron chi connectivity index (χ3n) is 2.91. The molecule has 0 aliphatic heterocycles. The molecule has 4 N–H and O–H groups in total. The van der Waals surface area contributed by atoms with Crippen LogP contribution in [-0.2, 0) is 4.79 Å². The maximum atomic E-state index is 10.7. The predicted octanol–water partition coefficient (Wildman–Crippen LogP) is 1.28. The number of hydrogen-bond donors (Lipinski definition) is 2. The summed E-state index contributed by atoms with van der Waals surface area (Å²) in [7, 11) is 0. The molecule has 0 spiro atoms. The second kappa shape index (κ2) is 3.70. The Labute approximate surface area is 88.6 Å². The lowest BCUT2D eigenvalue weighted by molar-refractivity contribution is -0.118. The van der Waals surface area contributed by atoms with Gasteiger partial charge in [0.15, 0.2) is 0 Å². The zero-order chi connectivity index (χ0) is 11.0. The Bertz CT molecular complexity index is 372. The molecule has 15 heavy (non-hydrogen) atoms. The van der Waals surface area contributed by atoms with Gasteiger partial charge in [-0.1, -0.05) is 6.92 Å². The molecule has 2 rings (SSSR count). The fourth-order valence-electron chi connectivity index (χ4n) is 1.80. The summed E-state index contributed by atoms with van der Waals surface area (Å²) in [5.74, 6) is 2.48. The van der Waals surface area contributed by atoms with E-state index in [1.807, 2.05) is 12.1 Å². The summed E-state index contributed by atoms with van der Waals surface area (Å²) >= 11 is 0. The summed E-state index contributed by atoms with van der Waals surface area (Å²) in [5, 5.41) is 0. The average Bonchev–Trinajstić information content (AvgIpc) is 2.70. The third kappa shape index (κ3) is 2.21. The molecule has 4 heteroatoms. The summed E-state index contributed by atoms with van der Waals surface area (Å²) in [5.41, 5.74) is 10.8. The van der Waals surface area contributed by atoms with Crippen LogP contribution in [0.5, 0.6) is 0 Å². The molecule has 82 valence electrons. The van der Waals surface area contributed by atoms with Crippen LogP contribution < -0.4 is 11.5 Å². The van der Waals surface area contributed by atoms with Gasteiger partial charge in [-0.2, -0.15) is 0 Å². The van der Waals surface area contributed by atoms with Gasteiger partial charge in [-0.15, -0.1) is 0 Å². The molecule has 1 heterocycles. The average molecular weight is 208 g/mol. The maximum Gasteiger partial charge on any atom is 0.219 e. The Kier molecular flexibility index (Phi) is 2.52. The first-order valence-electron chi connectivity index (χ1n) is 5.21. The topological polar surface area (TPSA) is 82.2 Å². The lowest BCUT2D eigenvalue weighted by Gasteiger charge is -2.05. The monoisotopic (exact) mass is 208 g/mol. The van der Waals surface area contributed by atoms with Crippen LogP contribution in [-0.4, -0.2) is 5.91 Å². The van der Waals surface area contributed by atoms with Gasteiger partial charge < -0.3 is 15.9 Å². The van der Waals surface area contributed by atoms with Crippen LogP contribution in [0.2, 0.25) is 0 Å². The first-order valence-corrected chi connectivity index (χ1v) is 5.21. The number of furan rings is 1. The SMILES string of the molecule is CC1CC1c1ccc([C@H](N)CC(N)=O)o1. The van der Waals surface area contributed by atoms with Gasteiger partial charge in [-0.25, -0.2) is 0 Å². The fraction of sp³-hybridized carbons (Fsp3) is 0.545. The summed E-state index contributed by atoms with van der Waals surface area (Å²) < 4.78 is 5.61. The zero-order valence-electron chi connectivity index (χ0n) is 8.77. The van der Waals surface area contributed by atoms with Crippen LogP contribution >= 0.6 is 0 Å². The predicted molar refractivity (Wildman–Crippen MR) is 56.0 cm³/mol. The van der Waals surface area contributed by atoms with Gasteiger partial charge >= 0.3 is 0 Å². The minimum atomic E-state index is -0.412. The van der Waals surface area contributed by atoms with Crippen LogP contribution in [0.15, 0.2) is 16.5 Å². The van der Waals surface area contributed by atoms with E-state index in [1.54, 1.807) is 0 Å². The van der Waals surface area contributed by atoms with Crippen LogP contribution in [0.3, 0.4) is 0 Å². The zero-order valence-corrected chi connectivity index (χ0v) is 8.77. The van der Waals surface area contributed by atoms with Crippen molar-refractivity contribution in [2.24, 2.45) is 17.4 Å². The molecule has 0 aromatic carbocycles. The molecule has 4 nitrogen and oxygen atoms in total. The highest BCUT2D eigenvalue weighted by molar-refractivity contribution is 5.74. The molecule has 0 bridgehead atoms. The Hall–Kier alpha value is -1.29. The highest BCUT2D eigenvalue weighted by Crippen LogP contribution is 2.47. The number of nitrogens with two attached hydrogens (primary N) is 2. The molecule has 1 aromatic rings. The van der Waals surface area contributed by atoms with Crippen molar-refractivity contribution >= 4 is 5.91 Å². The van der Waals surface area contributed by atoms with Crippen LogP contribution in [0.25, 0.3) is 0 Å². The van der Waals surface area contributed by atoms with Gasteiger partial charge in [0, 0.05) is 12.3 Å². The van der Waals surface area contributed by atoms with Crippen molar-refractivity contribution in [3.8, 4) is 0 Å². The molecule has 1 aliphatic rings. The van der Waals surface area contributed by atoms with E-state index in [9.17, 15) is 4.79 Å². The summed E-state index contributed by atoms with van der Waals surface area (Å²) in [6.07, 6.45) is 1.31. The minimum Gasteiger partial charge on any atom is -0.464 e. The number of carbonyl (C=O) groups excluding carboxylic acids is 1. The molecule has 0 radical (unpaired) electrons. The van der Waals surface area contributed by atoms with Crippen molar-refractivity contribution < 1.29 is 9.21 Å². The summed E-state index contributed by atoms with van der Waals surface area (Å²) in [6, 6.07) is 3.38. The van der Waals surface area contributed by atoms with Gasteiger partial charge in [-0.05, 0) is 24.5 Å². The Morgan fingerprint density at radius 3 is 2.87 bits per heavy atom. The van der Waals surface area contributed by atoms with Crippen molar-refractivity contribution in [1.82, 2.24) is 0 Å². The summed E-state index contributed by atoms with van der Waals surface area (Å²) in [4.78, 5) is 10.7. The second-order valence-corrected chi connectivity index (χ2v) is 4.34. The maximum absolute atomic E-state index is 10.7. The van der Waals surface area contributed by atoms with E-state index < -0.39 is 11.9 Å². The Balaban J connectivity index is 2.03. The van der Waals surface area contributed by atoms with E-state index >= 15 is 0 Å². The molecular formula is C11H16N2O2. The van der Waals surface area contributed by atoms with E-state index in [4.69, 9.17) is 15.9 Å². The third-order valence-corrected chi connectivity index (χ3v) is 2.91. The standard InChI is InChI=1S/C11H16N2O2/c1-6-4-7(6)9-2-3-10(15-9)8(12)5-11(13)14/h2-3,6-8H,4-5,12H2,1H3,(H2,13,14)/t6?,7?,8-/m1/s1. The Morgan fingerprint density at radius 2 is 2.33 bits per heavy atom. The molecule has 1 aromatic heterocycles. The van der Waals surface area contributed by atoms with Crippen LogP contribution in [0, 0.1) is 5.92 Å². The van der Waals surface area contributed by atoms with Gasteiger partial charge in [0.05, 0.1) is 6.04 Å². The molecule has 0 saturated heterocycles. The molecule has 1 amide bonds. The van der Waals surface area contributed by atoms with E-state index in [0.717, 1.165) is 5.76 Å². The van der Waals surface area contributed by atoms with E-state index in [2.05, 4.69) is 6.92 Å². The first kappa shape index (κ1) is 10.2. The van der Waals surface area contributed by atoms with E-state index in [-0.39, 0.29) is 6.42 Å². The van der Waals surface area contributed by atoms with E-state index in [0.29, 0.717) is 17.6 Å². The Morgan fingerprint density at radius 1 is 1.67 bits per heavy atom. The van der Waals surface area contributed by atoms with Gasteiger partial charge in [0.25, 0.3) is 0 Å². The van der Waals surface area contributed by atoms with Crippen molar-refractivity contribution in [3.63, 3.8) is 0 Å². The number of primary amides is 1. The first-order chi connectivity index (χ1) is 7.08. The lowest BCUT2D eigenvalue weighted by Crippen LogP contribution is -2.20. The quantitative estimate of drug-likeness (QED) is 0.781. The van der Waals surface area contributed by atoms with E-state index in [1.165, 1.54) is 6.42 Å². The molecule has 1 saturated carbocycles. The number of carbonyl (C=O) groups is 1. The molecular weight excluding hydrogens is 192 g/mol. The van der Waals surface area contributed by atoms with Gasteiger partial charge in [0.2, 0.25) is 5.91 Å². The molecule has 1 aliphatic carbocycles. The van der Waals surface area contributed by atoms with Gasteiger partial charge in [0.1, 0.15) is 11.5 Å². The normalized spacial score (nSPS) is 26.3. The fourth-order valence-corrected chi connectivity index (χ4v) is 1.80. The van der Waals surface area contributed by atoms with Crippen molar-refractivity contribution in [1.29, 1.82) is 0 Å². The highest BCUT2D eigenvalue weighted by Gasteiger charge is 2.36. The number of amides is 1. The molecule has 2 unspecified atom stereocenters. The summed E-state index contributed by atoms with van der Waals surface area (Å²) in [6.45, 7) is 2.19. The van der Waals surface area contributed by atoms with Crippen molar-refractivity contribution in [2.45, 2.75) is 31.7 Å². The number of rotatable bonds is 4. The van der Waals surface area contributed by atoms with Crippen LogP contribution in [0.1, 0.15) is 43.2 Å².